The van der Waals surface area contributed by atoms with E-state index in [1.807, 2.05) is 6.92 Å². The number of hydrogen-bond acceptors (Lipinski definition) is 6. The van der Waals surface area contributed by atoms with E-state index in [2.05, 4.69) is 9.78 Å². The van der Waals surface area contributed by atoms with Crippen LogP contribution in [0.5, 0.6) is 0 Å². The second-order valence-electron chi connectivity index (χ2n) is 3.74. The van der Waals surface area contributed by atoms with Gasteiger partial charge < -0.3 is 4.79 Å². The molecule has 1 aromatic rings. The molecular formula is C13H12O6. The summed E-state index contributed by atoms with van der Waals surface area (Å²) >= 11 is 0. The van der Waals surface area contributed by atoms with Gasteiger partial charge in [-0.2, -0.15) is 0 Å². The van der Waals surface area contributed by atoms with Gasteiger partial charge in [-0.1, -0.05) is 17.7 Å². The molecule has 100 valence electrons. The van der Waals surface area contributed by atoms with E-state index in [0.29, 0.717) is 6.29 Å². The molecule has 0 bridgehead atoms. The zero-order valence-electron chi connectivity index (χ0n) is 10.3. The molecule has 0 aliphatic rings. The standard InChI is InChI=1S/C13H12O6/c1-9-4-6-10(7-5-9)12(16)18-19-13(17)11(15)3-2-8-14/h4-8H,2-3H2,1H3. The Kier molecular flexibility index (Phi) is 5.40. The fourth-order valence-corrected chi connectivity index (χ4v) is 1.15. The van der Waals surface area contributed by atoms with Crippen LogP contribution in [0, 0.1) is 6.92 Å². The van der Waals surface area contributed by atoms with Crippen molar-refractivity contribution in [1.82, 2.24) is 0 Å². The Hall–Kier alpha value is -2.50. The molecule has 0 fully saturated rings. The Morgan fingerprint density at radius 2 is 1.74 bits per heavy atom. The minimum atomic E-state index is -1.30. The minimum Gasteiger partial charge on any atom is -0.303 e. The lowest BCUT2D eigenvalue weighted by atomic mass is 10.2. The lowest BCUT2D eigenvalue weighted by Gasteiger charge is -2.02. The lowest BCUT2D eigenvalue weighted by Crippen LogP contribution is -2.19. The number of hydrogen-bond donors (Lipinski definition) is 0. The molecular weight excluding hydrogens is 252 g/mol. The fraction of sp³-hybridized carbons (Fsp3) is 0.231. The second kappa shape index (κ2) is 7.05. The largest absolute Gasteiger partial charge is 0.421 e. The first-order valence-corrected chi connectivity index (χ1v) is 5.51. The van der Waals surface area contributed by atoms with Crippen LogP contribution in [-0.2, 0) is 24.2 Å². The summed E-state index contributed by atoms with van der Waals surface area (Å²) < 4.78 is 0. The highest BCUT2D eigenvalue weighted by Gasteiger charge is 2.19. The van der Waals surface area contributed by atoms with Crippen molar-refractivity contribution in [3.63, 3.8) is 0 Å². The normalized spacial score (nSPS) is 9.53. The highest BCUT2D eigenvalue weighted by Crippen LogP contribution is 2.05. The Balaban J connectivity index is 2.46. The maximum absolute atomic E-state index is 11.4. The molecule has 19 heavy (non-hydrogen) atoms. The van der Waals surface area contributed by atoms with Gasteiger partial charge in [-0.25, -0.2) is 19.4 Å². The molecule has 0 atom stereocenters. The van der Waals surface area contributed by atoms with E-state index < -0.39 is 17.7 Å². The van der Waals surface area contributed by atoms with Crippen LogP contribution in [-0.4, -0.2) is 24.0 Å². The van der Waals surface area contributed by atoms with Crippen LogP contribution in [0.1, 0.15) is 28.8 Å². The highest BCUT2D eigenvalue weighted by molar-refractivity contribution is 6.33. The molecule has 0 amide bonds. The maximum atomic E-state index is 11.4. The van der Waals surface area contributed by atoms with Crippen LogP contribution in [0.2, 0.25) is 0 Å². The molecule has 0 unspecified atom stereocenters. The molecule has 6 heteroatoms. The Morgan fingerprint density at radius 3 is 2.32 bits per heavy atom. The smallest absolute Gasteiger partial charge is 0.303 e. The van der Waals surface area contributed by atoms with Crippen LogP contribution in [0.4, 0.5) is 0 Å². The van der Waals surface area contributed by atoms with Crippen LogP contribution in [0.15, 0.2) is 24.3 Å². The summed E-state index contributed by atoms with van der Waals surface area (Å²) in [7, 11) is 0. The summed E-state index contributed by atoms with van der Waals surface area (Å²) in [6.45, 7) is 1.85. The van der Waals surface area contributed by atoms with Crippen LogP contribution in [0.3, 0.4) is 0 Å². The molecule has 0 aromatic heterocycles. The van der Waals surface area contributed by atoms with Crippen molar-refractivity contribution in [3.8, 4) is 0 Å². The van der Waals surface area contributed by atoms with Crippen molar-refractivity contribution < 1.29 is 29.0 Å². The van der Waals surface area contributed by atoms with Gasteiger partial charge in [0.05, 0.1) is 5.56 Å². The zero-order valence-corrected chi connectivity index (χ0v) is 10.3. The average Bonchev–Trinajstić information content (AvgIpc) is 2.42. The maximum Gasteiger partial charge on any atom is 0.421 e. The summed E-state index contributed by atoms with van der Waals surface area (Å²) in [5, 5.41) is 0. The molecule has 0 saturated heterocycles. The third kappa shape index (κ3) is 4.71. The predicted octanol–water partition coefficient (Wildman–Crippen LogP) is 1.16. The van der Waals surface area contributed by atoms with Gasteiger partial charge >= 0.3 is 11.9 Å². The lowest BCUT2D eigenvalue weighted by molar-refractivity contribution is -0.232. The Labute approximate surface area is 109 Å². The predicted molar refractivity (Wildman–Crippen MR) is 63.0 cm³/mol. The number of carbonyl (C=O) groups is 4. The summed E-state index contributed by atoms with van der Waals surface area (Å²) in [6, 6.07) is 6.38. The minimum absolute atomic E-state index is 0.0835. The van der Waals surface area contributed by atoms with Gasteiger partial charge in [-0.05, 0) is 19.1 Å². The van der Waals surface area contributed by atoms with Gasteiger partial charge in [-0.15, -0.1) is 0 Å². The first-order valence-electron chi connectivity index (χ1n) is 5.51. The average molecular weight is 264 g/mol. The van der Waals surface area contributed by atoms with Crippen molar-refractivity contribution in [1.29, 1.82) is 0 Å². The summed E-state index contributed by atoms with van der Waals surface area (Å²) in [5.41, 5.74) is 1.15. The monoisotopic (exact) mass is 264 g/mol. The SMILES string of the molecule is Cc1ccc(C(=O)OOC(=O)C(=O)CCC=O)cc1. The zero-order chi connectivity index (χ0) is 14.3. The third-order valence-corrected chi connectivity index (χ3v) is 2.20. The van der Waals surface area contributed by atoms with E-state index in [0.717, 1.165) is 5.56 Å². The number of aryl methyl sites for hydroxylation is 1. The topological polar surface area (TPSA) is 86.7 Å². The second-order valence-corrected chi connectivity index (χ2v) is 3.74. The van der Waals surface area contributed by atoms with Gasteiger partial charge in [0.2, 0.25) is 5.78 Å². The van der Waals surface area contributed by atoms with E-state index in [9.17, 15) is 19.2 Å². The highest BCUT2D eigenvalue weighted by atomic mass is 17.2. The van der Waals surface area contributed by atoms with E-state index in [1.54, 1.807) is 12.1 Å². The number of aldehydes is 1. The molecule has 0 N–H and O–H groups in total. The summed E-state index contributed by atoms with van der Waals surface area (Å²) in [6.07, 6.45) is 0.147. The van der Waals surface area contributed by atoms with Crippen LogP contribution >= 0.6 is 0 Å². The van der Waals surface area contributed by atoms with Gasteiger partial charge in [-0.3, -0.25) is 4.79 Å². The molecule has 0 aliphatic carbocycles. The van der Waals surface area contributed by atoms with Crippen molar-refractivity contribution in [3.05, 3.63) is 35.4 Å². The van der Waals surface area contributed by atoms with E-state index in [4.69, 9.17) is 0 Å². The molecule has 0 radical (unpaired) electrons. The summed E-state index contributed by atoms with van der Waals surface area (Å²) in [4.78, 5) is 51.9. The van der Waals surface area contributed by atoms with Crippen molar-refractivity contribution in [2.75, 3.05) is 0 Å². The molecule has 0 saturated carbocycles. The summed E-state index contributed by atoms with van der Waals surface area (Å²) in [5.74, 6) is -3.11. The Bertz CT molecular complexity index is 488. The number of rotatable bonds is 5. The molecule has 6 nitrogen and oxygen atoms in total. The van der Waals surface area contributed by atoms with E-state index in [-0.39, 0.29) is 18.4 Å². The van der Waals surface area contributed by atoms with Crippen molar-refractivity contribution >= 4 is 24.0 Å². The molecule has 0 heterocycles. The van der Waals surface area contributed by atoms with Gasteiger partial charge in [0, 0.05) is 12.8 Å². The molecule has 1 rings (SSSR count). The van der Waals surface area contributed by atoms with Crippen LogP contribution < -0.4 is 0 Å². The van der Waals surface area contributed by atoms with Gasteiger partial charge in [0.15, 0.2) is 0 Å². The fourth-order valence-electron chi connectivity index (χ4n) is 1.15. The number of Topliss-reactive ketones (excluding diaryl/α,β-unsaturated/α-hetero) is 1. The van der Waals surface area contributed by atoms with Crippen molar-refractivity contribution in [2.45, 2.75) is 19.8 Å². The van der Waals surface area contributed by atoms with Crippen molar-refractivity contribution in [2.24, 2.45) is 0 Å². The van der Waals surface area contributed by atoms with Crippen LogP contribution in [0.25, 0.3) is 0 Å². The molecule has 0 aliphatic heterocycles. The quantitative estimate of drug-likeness (QED) is 0.343. The number of carbonyl (C=O) groups excluding carboxylic acids is 4. The van der Waals surface area contributed by atoms with E-state index >= 15 is 0 Å². The first-order chi connectivity index (χ1) is 9.04. The van der Waals surface area contributed by atoms with Gasteiger partial charge in [0.25, 0.3) is 0 Å². The Morgan fingerprint density at radius 1 is 1.11 bits per heavy atom. The number of ketones is 1. The van der Waals surface area contributed by atoms with E-state index in [1.165, 1.54) is 12.1 Å². The third-order valence-electron chi connectivity index (χ3n) is 2.20. The van der Waals surface area contributed by atoms with Gasteiger partial charge in [0.1, 0.15) is 6.29 Å². The molecule has 1 aromatic carbocycles. The number of benzene rings is 1. The molecule has 0 spiro atoms. The first kappa shape index (κ1) is 14.6.